The van der Waals surface area contributed by atoms with Gasteiger partial charge in [0, 0.05) is 19.9 Å². The van der Waals surface area contributed by atoms with Crippen molar-refractivity contribution in [1.82, 2.24) is 0 Å². The maximum absolute atomic E-state index is 5.74. The minimum Gasteiger partial charge on any atom is -0.397 e. The van der Waals surface area contributed by atoms with Crippen molar-refractivity contribution in [2.75, 3.05) is 25.0 Å². The highest BCUT2D eigenvalue weighted by Crippen LogP contribution is 2.40. The van der Waals surface area contributed by atoms with Gasteiger partial charge in [-0.3, -0.25) is 0 Å². The molecular formula is C16H31NO2Si2. The van der Waals surface area contributed by atoms with Gasteiger partial charge in [-0.25, -0.2) is 0 Å². The second-order valence-electron chi connectivity index (χ2n) is 7.27. The summed E-state index contributed by atoms with van der Waals surface area (Å²) in [5.41, 5.74) is 1.27. The lowest BCUT2D eigenvalue weighted by molar-refractivity contribution is 0.251. The van der Waals surface area contributed by atoms with Gasteiger partial charge in [-0.05, 0) is 23.7 Å². The number of para-hydroxylation sites is 1. The molecule has 1 aromatic carbocycles. The summed E-state index contributed by atoms with van der Waals surface area (Å²) in [6.45, 7) is 14.0. The van der Waals surface area contributed by atoms with Gasteiger partial charge in [0.15, 0.2) is 8.24 Å². The highest BCUT2D eigenvalue weighted by molar-refractivity contribution is 6.85. The summed E-state index contributed by atoms with van der Waals surface area (Å²) < 4.78 is 14.1. The van der Waals surface area contributed by atoms with Crippen LogP contribution in [0.25, 0.3) is 0 Å². The molecule has 1 rings (SSSR count). The summed E-state index contributed by atoms with van der Waals surface area (Å²) in [6.07, 6.45) is 0.862. The van der Waals surface area contributed by atoms with Gasteiger partial charge in [0.2, 0.25) is 0 Å². The molecule has 0 fully saturated rings. The molecule has 0 saturated carbocycles. The van der Waals surface area contributed by atoms with Crippen LogP contribution in [0.2, 0.25) is 24.7 Å². The Kier molecular flexibility index (Phi) is 5.83. The van der Waals surface area contributed by atoms with Crippen LogP contribution in [0.15, 0.2) is 30.3 Å². The van der Waals surface area contributed by atoms with E-state index in [0.29, 0.717) is 0 Å². The van der Waals surface area contributed by atoms with Gasteiger partial charge in [0.05, 0.1) is 6.17 Å². The van der Waals surface area contributed by atoms with Crippen molar-refractivity contribution in [3.8, 4) is 0 Å². The number of hydrogen-bond acceptors (Lipinski definition) is 3. The van der Waals surface area contributed by atoms with E-state index in [-0.39, 0.29) is 5.04 Å². The molecule has 1 aromatic rings. The lowest BCUT2D eigenvalue weighted by Crippen LogP contribution is -2.62. The van der Waals surface area contributed by atoms with Crippen molar-refractivity contribution in [2.45, 2.75) is 45.5 Å². The van der Waals surface area contributed by atoms with Gasteiger partial charge >= 0.3 is 8.56 Å². The SMILES string of the molecule is CO[Si](C)(CN(c1ccccc1)[Si](C)(C)C(C)(C)C)OC. The minimum atomic E-state index is -2.17. The molecule has 0 aliphatic rings. The second-order valence-corrected chi connectivity index (χ2v) is 15.8. The van der Waals surface area contributed by atoms with Crippen LogP contribution in [0.5, 0.6) is 0 Å². The molecule has 0 saturated heterocycles. The monoisotopic (exact) mass is 325 g/mol. The summed E-state index contributed by atoms with van der Waals surface area (Å²) in [5.74, 6) is 0. The summed E-state index contributed by atoms with van der Waals surface area (Å²) in [7, 11) is -0.344. The fourth-order valence-corrected chi connectivity index (χ4v) is 7.35. The normalized spacial score (nSPS) is 13.3. The number of nitrogens with zero attached hydrogens (tertiary/aromatic N) is 1. The molecule has 21 heavy (non-hydrogen) atoms. The van der Waals surface area contributed by atoms with E-state index in [2.05, 4.69) is 75.3 Å². The Bertz CT molecular complexity index is 439. The van der Waals surface area contributed by atoms with Crippen LogP contribution in [0.3, 0.4) is 0 Å². The number of rotatable bonds is 6. The summed E-state index contributed by atoms with van der Waals surface area (Å²) >= 11 is 0. The molecule has 0 bridgehead atoms. The molecule has 0 radical (unpaired) electrons. The molecule has 0 aliphatic carbocycles. The van der Waals surface area contributed by atoms with E-state index in [9.17, 15) is 0 Å². The van der Waals surface area contributed by atoms with Gasteiger partial charge < -0.3 is 13.4 Å². The zero-order valence-corrected chi connectivity index (χ0v) is 16.9. The average molecular weight is 326 g/mol. The van der Waals surface area contributed by atoms with Crippen molar-refractivity contribution in [3.63, 3.8) is 0 Å². The molecule has 0 N–H and O–H groups in total. The zero-order chi connectivity index (χ0) is 16.3. The molecule has 3 nitrogen and oxygen atoms in total. The van der Waals surface area contributed by atoms with Crippen molar-refractivity contribution in [3.05, 3.63) is 30.3 Å². The highest BCUT2D eigenvalue weighted by atomic mass is 28.4. The molecule has 0 spiro atoms. The first-order valence-electron chi connectivity index (χ1n) is 7.50. The quantitative estimate of drug-likeness (QED) is 0.724. The number of benzene rings is 1. The maximum atomic E-state index is 5.74. The number of anilines is 1. The van der Waals surface area contributed by atoms with E-state index in [4.69, 9.17) is 8.85 Å². The Labute approximate surface area is 132 Å². The smallest absolute Gasteiger partial charge is 0.353 e. The number of hydrogen-bond donors (Lipinski definition) is 0. The molecular weight excluding hydrogens is 294 g/mol. The second kappa shape index (κ2) is 6.64. The largest absolute Gasteiger partial charge is 0.397 e. The van der Waals surface area contributed by atoms with Crippen molar-refractivity contribution in [1.29, 1.82) is 0 Å². The Morgan fingerprint density at radius 1 is 0.952 bits per heavy atom. The average Bonchev–Trinajstić information content (AvgIpc) is 2.44. The van der Waals surface area contributed by atoms with Crippen LogP contribution in [-0.4, -0.2) is 37.2 Å². The van der Waals surface area contributed by atoms with Crippen LogP contribution in [0.1, 0.15) is 20.8 Å². The summed E-state index contributed by atoms with van der Waals surface area (Å²) in [6, 6.07) is 10.7. The zero-order valence-electron chi connectivity index (χ0n) is 14.9. The molecule has 0 unspecified atom stereocenters. The standard InChI is InChI=1S/C16H31NO2Si2/c1-16(2,3)20(6,7)17(14-21(8,18-4)19-5)15-12-10-9-11-13-15/h9-13H,14H2,1-8H3. The van der Waals surface area contributed by atoms with Gasteiger partial charge in [-0.15, -0.1) is 0 Å². The van der Waals surface area contributed by atoms with Gasteiger partial charge in [-0.1, -0.05) is 52.1 Å². The van der Waals surface area contributed by atoms with E-state index in [1.807, 2.05) is 0 Å². The van der Waals surface area contributed by atoms with Crippen molar-refractivity contribution >= 4 is 22.5 Å². The fourth-order valence-electron chi connectivity index (χ4n) is 2.12. The van der Waals surface area contributed by atoms with Gasteiger partial charge in [0.1, 0.15) is 0 Å². The van der Waals surface area contributed by atoms with Crippen molar-refractivity contribution in [2.24, 2.45) is 0 Å². The van der Waals surface area contributed by atoms with Gasteiger partial charge in [-0.2, -0.15) is 0 Å². The lowest BCUT2D eigenvalue weighted by atomic mass is 10.2. The third-order valence-electron chi connectivity index (χ3n) is 4.89. The van der Waals surface area contributed by atoms with E-state index in [1.165, 1.54) is 5.69 Å². The third kappa shape index (κ3) is 4.19. The first kappa shape index (κ1) is 18.4. The highest BCUT2D eigenvalue weighted by Gasteiger charge is 2.45. The van der Waals surface area contributed by atoms with E-state index >= 15 is 0 Å². The van der Waals surface area contributed by atoms with Crippen LogP contribution < -0.4 is 4.57 Å². The van der Waals surface area contributed by atoms with Crippen LogP contribution in [0.4, 0.5) is 5.69 Å². The predicted molar refractivity (Wildman–Crippen MR) is 96.6 cm³/mol. The molecule has 0 amide bonds. The van der Waals surface area contributed by atoms with Crippen molar-refractivity contribution < 1.29 is 8.85 Å². The third-order valence-corrected chi connectivity index (χ3v) is 13.3. The maximum Gasteiger partial charge on any atom is 0.353 e. The minimum absolute atomic E-state index is 0.264. The molecule has 5 heteroatoms. The summed E-state index contributed by atoms with van der Waals surface area (Å²) in [4.78, 5) is 0. The van der Waals surface area contributed by atoms with E-state index in [1.54, 1.807) is 14.2 Å². The Hall–Kier alpha value is -0.626. The molecule has 0 aliphatic heterocycles. The van der Waals surface area contributed by atoms with Crippen LogP contribution >= 0.6 is 0 Å². The first-order chi connectivity index (χ1) is 9.57. The Balaban J connectivity index is 3.25. The Morgan fingerprint density at radius 2 is 1.43 bits per heavy atom. The van der Waals surface area contributed by atoms with E-state index < -0.39 is 16.8 Å². The molecule has 120 valence electrons. The van der Waals surface area contributed by atoms with E-state index in [0.717, 1.165) is 6.17 Å². The van der Waals surface area contributed by atoms with Crippen LogP contribution in [-0.2, 0) is 8.85 Å². The summed E-state index contributed by atoms with van der Waals surface area (Å²) in [5, 5.41) is 0.264. The lowest BCUT2D eigenvalue weighted by Gasteiger charge is -2.49. The molecule has 0 heterocycles. The first-order valence-corrected chi connectivity index (χ1v) is 13.0. The molecule has 0 aromatic heterocycles. The predicted octanol–water partition coefficient (Wildman–Crippen LogP) is 4.40. The Morgan fingerprint density at radius 3 is 1.81 bits per heavy atom. The van der Waals surface area contributed by atoms with Crippen LogP contribution in [0, 0.1) is 0 Å². The fraction of sp³-hybridized carbons (Fsp3) is 0.625. The molecule has 0 atom stereocenters. The topological polar surface area (TPSA) is 21.7 Å². The van der Waals surface area contributed by atoms with Gasteiger partial charge in [0.25, 0.3) is 0 Å².